The van der Waals surface area contributed by atoms with Gasteiger partial charge in [0.25, 0.3) is 0 Å². The minimum absolute atomic E-state index is 0.140. The number of unbranched alkanes of at least 4 members (excludes halogenated alkanes) is 1. The third-order valence-electron chi connectivity index (χ3n) is 3.15. The maximum absolute atomic E-state index is 12.8. The largest absolute Gasteiger partial charge is 0.476 e. The van der Waals surface area contributed by atoms with Crippen molar-refractivity contribution in [1.82, 2.24) is 15.0 Å². The number of benzene rings is 1. The van der Waals surface area contributed by atoms with Gasteiger partial charge in [0.15, 0.2) is 5.69 Å². The van der Waals surface area contributed by atoms with Crippen molar-refractivity contribution >= 4 is 5.97 Å². The molecule has 2 rings (SSSR count). The molecule has 0 spiro atoms. The van der Waals surface area contributed by atoms with Gasteiger partial charge in [-0.1, -0.05) is 24.6 Å². The van der Waals surface area contributed by atoms with E-state index < -0.39 is 17.7 Å². The lowest BCUT2D eigenvalue weighted by molar-refractivity contribution is -0.137. The third-order valence-corrected chi connectivity index (χ3v) is 3.15. The highest BCUT2D eigenvalue weighted by Gasteiger charge is 2.31. The monoisotopic (exact) mass is 313 g/mol. The van der Waals surface area contributed by atoms with Crippen molar-refractivity contribution in [2.75, 3.05) is 0 Å². The van der Waals surface area contributed by atoms with Gasteiger partial charge in [0, 0.05) is 0 Å². The number of halogens is 3. The Labute approximate surface area is 124 Å². The number of hydrogen-bond acceptors (Lipinski definition) is 3. The van der Waals surface area contributed by atoms with Gasteiger partial charge in [0.1, 0.15) is 0 Å². The Kier molecular flexibility index (Phi) is 4.48. The molecular weight excluding hydrogens is 299 g/mol. The van der Waals surface area contributed by atoms with Crippen LogP contribution in [-0.4, -0.2) is 26.1 Å². The number of nitrogens with zero attached hydrogens (tertiary/aromatic N) is 3. The molecule has 0 aliphatic rings. The average molecular weight is 313 g/mol. The van der Waals surface area contributed by atoms with Crippen molar-refractivity contribution in [3.8, 4) is 5.69 Å². The van der Waals surface area contributed by atoms with Gasteiger partial charge in [-0.15, -0.1) is 5.10 Å². The van der Waals surface area contributed by atoms with Gasteiger partial charge in [-0.05, 0) is 31.0 Å². The molecule has 0 saturated carbocycles. The summed E-state index contributed by atoms with van der Waals surface area (Å²) in [7, 11) is 0. The standard InChI is InChI=1S/C14H14F3N3O2/c1-2-3-7-11-12(13(21)22)18-19-20(11)10-6-4-5-9(8-10)14(15,16)17/h4-6,8H,2-3,7H2,1H3,(H,21,22). The second-order valence-corrected chi connectivity index (χ2v) is 4.75. The summed E-state index contributed by atoms with van der Waals surface area (Å²) in [6.45, 7) is 1.93. The fourth-order valence-electron chi connectivity index (χ4n) is 2.06. The van der Waals surface area contributed by atoms with Gasteiger partial charge < -0.3 is 5.11 Å². The van der Waals surface area contributed by atoms with E-state index in [1.165, 1.54) is 12.1 Å². The number of carboxylic acids is 1. The van der Waals surface area contributed by atoms with Crippen LogP contribution in [0.25, 0.3) is 5.69 Å². The molecule has 22 heavy (non-hydrogen) atoms. The van der Waals surface area contributed by atoms with Gasteiger partial charge in [0.05, 0.1) is 16.9 Å². The van der Waals surface area contributed by atoms with Crippen LogP contribution in [0.4, 0.5) is 13.2 Å². The van der Waals surface area contributed by atoms with Crippen molar-refractivity contribution in [3.63, 3.8) is 0 Å². The van der Waals surface area contributed by atoms with E-state index in [4.69, 9.17) is 5.11 Å². The Morgan fingerprint density at radius 1 is 1.36 bits per heavy atom. The minimum atomic E-state index is -4.48. The van der Waals surface area contributed by atoms with Crippen LogP contribution in [0.2, 0.25) is 0 Å². The molecule has 2 aromatic rings. The summed E-state index contributed by atoms with van der Waals surface area (Å²) in [5, 5.41) is 16.4. The molecule has 0 fully saturated rings. The topological polar surface area (TPSA) is 68.0 Å². The summed E-state index contributed by atoms with van der Waals surface area (Å²) in [6, 6.07) is 4.56. The maximum Gasteiger partial charge on any atom is 0.416 e. The number of aromatic nitrogens is 3. The van der Waals surface area contributed by atoms with Crippen molar-refractivity contribution in [2.24, 2.45) is 0 Å². The molecule has 0 aliphatic heterocycles. The molecule has 1 aromatic carbocycles. The molecule has 0 unspecified atom stereocenters. The second kappa shape index (κ2) is 6.17. The second-order valence-electron chi connectivity index (χ2n) is 4.75. The molecule has 8 heteroatoms. The Morgan fingerprint density at radius 3 is 2.68 bits per heavy atom. The molecule has 0 bridgehead atoms. The number of alkyl halides is 3. The third kappa shape index (κ3) is 3.26. The van der Waals surface area contributed by atoms with Gasteiger partial charge in [-0.3, -0.25) is 0 Å². The van der Waals surface area contributed by atoms with Crippen LogP contribution < -0.4 is 0 Å². The molecule has 5 nitrogen and oxygen atoms in total. The van der Waals surface area contributed by atoms with Crippen molar-refractivity contribution in [2.45, 2.75) is 32.4 Å². The molecule has 1 heterocycles. The van der Waals surface area contributed by atoms with E-state index in [1.54, 1.807) is 0 Å². The minimum Gasteiger partial charge on any atom is -0.476 e. The molecule has 1 N–H and O–H groups in total. The lowest BCUT2D eigenvalue weighted by Gasteiger charge is -2.10. The van der Waals surface area contributed by atoms with E-state index in [9.17, 15) is 18.0 Å². The summed E-state index contributed by atoms with van der Waals surface area (Å²) in [4.78, 5) is 11.2. The fourth-order valence-corrected chi connectivity index (χ4v) is 2.06. The van der Waals surface area contributed by atoms with Crippen molar-refractivity contribution in [1.29, 1.82) is 0 Å². The number of rotatable bonds is 5. The smallest absolute Gasteiger partial charge is 0.416 e. The van der Waals surface area contributed by atoms with Crippen molar-refractivity contribution in [3.05, 3.63) is 41.2 Å². The van der Waals surface area contributed by atoms with E-state index in [1.807, 2.05) is 6.92 Å². The zero-order valence-corrected chi connectivity index (χ0v) is 11.8. The Morgan fingerprint density at radius 2 is 2.09 bits per heavy atom. The molecule has 1 aromatic heterocycles. The van der Waals surface area contributed by atoms with E-state index in [2.05, 4.69) is 10.3 Å². The lowest BCUT2D eigenvalue weighted by Crippen LogP contribution is -2.09. The van der Waals surface area contributed by atoms with Gasteiger partial charge in [-0.2, -0.15) is 13.2 Å². The summed E-state index contributed by atoms with van der Waals surface area (Å²) < 4.78 is 39.5. The van der Waals surface area contributed by atoms with Crippen LogP contribution in [0, 0.1) is 0 Å². The van der Waals surface area contributed by atoms with Gasteiger partial charge in [-0.25, -0.2) is 9.48 Å². The van der Waals surface area contributed by atoms with E-state index in [0.29, 0.717) is 18.5 Å². The summed E-state index contributed by atoms with van der Waals surface area (Å²) >= 11 is 0. The molecule has 0 aliphatic carbocycles. The molecule has 0 radical (unpaired) electrons. The predicted molar refractivity (Wildman–Crippen MR) is 71.9 cm³/mol. The van der Waals surface area contributed by atoms with Gasteiger partial charge in [0.2, 0.25) is 0 Å². The van der Waals surface area contributed by atoms with Crippen LogP contribution in [0.3, 0.4) is 0 Å². The summed E-state index contributed by atoms with van der Waals surface area (Å²) in [6.07, 6.45) is -2.60. The predicted octanol–water partition coefficient (Wildman–Crippen LogP) is 3.33. The quantitative estimate of drug-likeness (QED) is 0.919. The summed E-state index contributed by atoms with van der Waals surface area (Å²) in [5.74, 6) is -1.25. The first kappa shape index (κ1) is 16.0. The fraction of sp³-hybridized carbons (Fsp3) is 0.357. The summed E-state index contributed by atoms with van der Waals surface area (Å²) in [5.41, 5.74) is -0.612. The van der Waals surface area contributed by atoms with Crippen LogP contribution in [0.15, 0.2) is 24.3 Å². The van der Waals surface area contributed by atoms with Crippen LogP contribution in [0.1, 0.15) is 41.5 Å². The normalized spacial score (nSPS) is 11.6. The van der Waals surface area contributed by atoms with E-state index in [0.717, 1.165) is 23.2 Å². The highest BCUT2D eigenvalue weighted by Crippen LogP contribution is 2.30. The molecule has 0 amide bonds. The highest BCUT2D eigenvalue weighted by molar-refractivity contribution is 5.86. The molecule has 118 valence electrons. The lowest BCUT2D eigenvalue weighted by atomic mass is 10.1. The van der Waals surface area contributed by atoms with E-state index in [-0.39, 0.29) is 11.4 Å². The Balaban J connectivity index is 2.50. The van der Waals surface area contributed by atoms with Crippen LogP contribution in [-0.2, 0) is 12.6 Å². The Bertz CT molecular complexity index is 680. The Hall–Kier alpha value is -2.38. The first-order valence-electron chi connectivity index (χ1n) is 6.70. The molecular formula is C14H14F3N3O2. The SMILES string of the molecule is CCCCc1c(C(=O)O)nnn1-c1cccc(C(F)(F)F)c1. The van der Waals surface area contributed by atoms with Crippen LogP contribution in [0.5, 0.6) is 0 Å². The number of hydrogen-bond donors (Lipinski definition) is 1. The first-order chi connectivity index (χ1) is 10.3. The van der Waals surface area contributed by atoms with Gasteiger partial charge >= 0.3 is 12.1 Å². The van der Waals surface area contributed by atoms with E-state index >= 15 is 0 Å². The average Bonchev–Trinajstić information content (AvgIpc) is 2.88. The van der Waals surface area contributed by atoms with Crippen LogP contribution >= 0.6 is 0 Å². The van der Waals surface area contributed by atoms with Crippen molar-refractivity contribution < 1.29 is 23.1 Å². The molecule has 0 atom stereocenters. The zero-order chi connectivity index (χ0) is 16.3. The number of carboxylic acid groups (broad SMARTS) is 1. The number of carbonyl (C=O) groups is 1. The highest BCUT2D eigenvalue weighted by atomic mass is 19.4. The first-order valence-corrected chi connectivity index (χ1v) is 6.70. The zero-order valence-electron chi connectivity index (χ0n) is 11.8. The molecule has 0 saturated heterocycles. The number of aromatic carboxylic acids is 1. The maximum atomic E-state index is 12.8.